The van der Waals surface area contributed by atoms with Crippen molar-refractivity contribution in [2.24, 2.45) is 0 Å². The minimum Gasteiger partial charge on any atom is -0.465 e. The number of anilines is 1. The minimum absolute atomic E-state index is 0.157. The zero-order valence-corrected chi connectivity index (χ0v) is 18.0. The zero-order valence-electron chi connectivity index (χ0n) is 12.4. The number of amides is 1. The van der Waals surface area contributed by atoms with Gasteiger partial charge in [-0.25, -0.2) is 4.79 Å². The number of nitrogens with one attached hydrogen (secondary N) is 3. The van der Waals surface area contributed by atoms with Gasteiger partial charge in [-0.3, -0.25) is 15.6 Å². The van der Waals surface area contributed by atoms with Crippen molar-refractivity contribution < 1.29 is 14.3 Å². The van der Waals surface area contributed by atoms with Crippen LogP contribution in [0.15, 0.2) is 20.4 Å². The third kappa shape index (κ3) is 4.76. The third-order valence-electron chi connectivity index (χ3n) is 2.65. The number of esters is 1. The number of hydrogen-bond donors (Lipinski definition) is 3. The molecule has 0 atom stereocenters. The van der Waals surface area contributed by atoms with E-state index in [1.54, 1.807) is 12.1 Å². The number of aryl methyl sites for hydroxylation is 1. The second-order valence-corrected chi connectivity index (χ2v) is 9.25. The van der Waals surface area contributed by atoms with Crippen molar-refractivity contribution in [3.05, 3.63) is 35.7 Å². The van der Waals surface area contributed by atoms with Crippen molar-refractivity contribution in [1.29, 1.82) is 0 Å². The molecule has 0 radical (unpaired) electrons. The molecule has 0 saturated heterocycles. The van der Waals surface area contributed by atoms with Crippen LogP contribution in [-0.2, 0) is 4.74 Å². The van der Waals surface area contributed by atoms with Gasteiger partial charge in [-0.15, -0.1) is 22.7 Å². The first-order chi connectivity index (χ1) is 11.3. The van der Waals surface area contributed by atoms with Crippen LogP contribution < -0.4 is 16.2 Å². The number of carbonyl (C=O) groups excluding carboxylic acids is 2. The average Bonchev–Trinajstić information content (AvgIpc) is 3.07. The van der Waals surface area contributed by atoms with Gasteiger partial charge in [-0.2, -0.15) is 0 Å². The van der Waals surface area contributed by atoms with Crippen molar-refractivity contribution in [3.8, 4) is 0 Å². The monoisotopic (exact) mass is 511 g/mol. The number of hydrogen-bond acceptors (Lipinski definition) is 6. The summed E-state index contributed by atoms with van der Waals surface area (Å²) in [6.45, 7) is 1.87. The van der Waals surface area contributed by atoms with Crippen molar-refractivity contribution in [3.63, 3.8) is 0 Å². The van der Waals surface area contributed by atoms with Crippen LogP contribution in [-0.4, -0.2) is 24.1 Å². The van der Waals surface area contributed by atoms with Crippen molar-refractivity contribution >= 4 is 88.7 Å². The maximum atomic E-state index is 12.0. The Labute approximate surface area is 168 Å². The molecule has 0 unspecified atom stereocenters. The molecular formula is C13H11Br2N3O3S3. The van der Waals surface area contributed by atoms with E-state index < -0.39 is 5.97 Å². The van der Waals surface area contributed by atoms with Gasteiger partial charge in [0.15, 0.2) is 5.11 Å². The van der Waals surface area contributed by atoms with E-state index >= 15 is 0 Å². The summed E-state index contributed by atoms with van der Waals surface area (Å²) in [4.78, 5) is 25.2. The Kier molecular flexibility index (Phi) is 6.75. The number of carbonyl (C=O) groups is 2. The van der Waals surface area contributed by atoms with Crippen LogP contribution in [0.5, 0.6) is 0 Å². The van der Waals surface area contributed by atoms with Crippen LogP contribution in [0, 0.1) is 6.92 Å². The van der Waals surface area contributed by atoms with E-state index in [1.165, 1.54) is 29.8 Å². The maximum Gasteiger partial charge on any atom is 0.340 e. The summed E-state index contributed by atoms with van der Waals surface area (Å²) in [5, 5.41) is 3.58. The highest BCUT2D eigenvalue weighted by Gasteiger charge is 2.17. The Morgan fingerprint density at radius 3 is 2.50 bits per heavy atom. The summed E-state index contributed by atoms with van der Waals surface area (Å²) in [5.41, 5.74) is 5.49. The molecule has 11 heteroatoms. The fraction of sp³-hybridized carbons (Fsp3) is 0.154. The second-order valence-electron chi connectivity index (χ2n) is 4.36. The molecular weight excluding hydrogens is 502 g/mol. The highest BCUT2D eigenvalue weighted by atomic mass is 79.9. The van der Waals surface area contributed by atoms with E-state index in [-0.39, 0.29) is 11.0 Å². The summed E-state index contributed by atoms with van der Waals surface area (Å²) >= 11 is 14.4. The van der Waals surface area contributed by atoms with Gasteiger partial charge in [0, 0.05) is 9.35 Å². The third-order valence-corrected chi connectivity index (χ3v) is 7.07. The fourth-order valence-electron chi connectivity index (χ4n) is 1.64. The van der Waals surface area contributed by atoms with Crippen molar-refractivity contribution in [1.82, 2.24) is 10.9 Å². The van der Waals surface area contributed by atoms with Crippen LogP contribution in [0.25, 0.3) is 0 Å². The van der Waals surface area contributed by atoms with Gasteiger partial charge >= 0.3 is 5.97 Å². The molecule has 6 nitrogen and oxygen atoms in total. The molecule has 0 aliphatic rings. The Morgan fingerprint density at radius 2 is 1.92 bits per heavy atom. The second kappa shape index (κ2) is 8.39. The molecule has 2 aromatic heterocycles. The fourth-order valence-corrected chi connectivity index (χ4v) is 4.69. The standard InChI is InChI=1S/C13H11Br2N3O3S3/c1-5-3-6(12(20)21-2)11(23-5)16-13(22)18-17-10(19)8-4-7(14)9(15)24-8/h3-4H,1-2H3,(H,17,19)(H2,16,18,22). The van der Waals surface area contributed by atoms with E-state index in [2.05, 4.69) is 48.0 Å². The number of thiophene rings is 2. The predicted octanol–water partition coefficient (Wildman–Crippen LogP) is 4.06. The van der Waals surface area contributed by atoms with Gasteiger partial charge in [0.2, 0.25) is 0 Å². The number of thiocarbonyl (C=S) groups is 1. The van der Waals surface area contributed by atoms with Crippen LogP contribution in [0.4, 0.5) is 5.00 Å². The van der Waals surface area contributed by atoms with Gasteiger partial charge in [0.25, 0.3) is 5.91 Å². The predicted molar refractivity (Wildman–Crippen MR) is 107 cm³/mol. The molecule has 24 heavy (non-hydrogen) atoms. The highest BCUT2D eigenvalue weighted by Crippen LogP contribution is 2.32. The van der Waals surface area contributed by atoms with E-state index in [0.29, 0.717) is 15.4 Å². The van der Waals surface area contributed by atoms with Crippen LogP contribution in [0.2, 0.25) is 0 Å². The number of hydrazine groups is 1. The lowest BCUT2D eigenvalue weighted by atomic mass is 10.3. The molecule has 0 bridgehead atoms. The van der Waals surface area contributed by atoms with Gasteiger partial charge < -0.3 is 10.1 Å². The summed E-state index contributed by atoms with van der Waals surface area (Å²) in [7, 11) is 1.31. The first kappa shape index (κ1) is 19.3. The Bertz CT molecular complexity index is 784. The molecule has 0 fully saturated rings. The van der Waals surface area contributed by atoms with Gasteiger partial charge in [-0.05, 0) is 63.1 Å². The minimum atomic E-state index is -0.457. The van der Waals surface area contributed by atoms with Gasteiger partial charge in [0.05, 0.1) is 21.3 Å². The molecule has 3 N–H and O–H groups in total. The Morgan fingerprint density at radius 1 is 1.21 bits per heavy atom. The maximum absolute atomic E-state index is 12.0. The molecule has 0 saturated carbocycles. The van der Waals surface area contributed by atoms with E-state index in [0.717, 1.165) is 13.1 Å². The summed E-state index contributed by atoms with van der Waals surface area (Å²) in [6.07, 6.45) is 0. The van der Waals surface area contributed by atoms with E-state index in [1.807, 2.05) is 6.92 Å². The topological polar surface area (TPSA) is 79.5 Å². The highest BCUT2D eigenvalue weighted by molar-refractivity contribution is 9.13. The van der Waals surface area contributed by atoms with Crippen LogP contribution in [0.1, 0.15) is 24.9 Å². The normalized spacial score (nSPS) is 10.2. The van der Waals surface area contributed by atoms with Gasteiger partial charge in [-0.1, -0.05) is 0 Å². The summed E-state index contributed by atoms with van der Waals surface area (Å²) in [6, 6.07) is 3.40. The molecule has 2 heterocycles. The summed E-state index contributed by atoms with van der Waals surface area (Å²) in [5.74, 6) is -0.784. The number of methoxy groups -OCH3 is 1. The SMILES string of the molecule is COC(=O)c1cc(C)sc1NC(=S)NNC(=O)c1cc(Br)c(Br)s1. The average molecular weight is 513 g/mol. The van der Waals surface area contributed by atoms with E-state index in [4.69, 9.17) is 17.0 Å². The van der Waals surface area contributed by atoms with E-state index in [9.17, 15) is 9.59 Å². The first-order valence-corrected chi connectivity index (χ1v) is 9.95. The lowest BCUT2D eigenvalue weighted by Crippen LogP contribution is -2.43. The quantitative estimate of drug-likeness (QED) is 0.327. The molecule has 0 spiro atoms. The number of halogens is 2. The molecule has 0 aliphatic carbocycles. The van der Waals surface area contributed by atoms with Crippen molar-refractivity contribution in [2.75, 3.05) is 12.4 Å². The van der Waals surface area contributed by atoms with Crippen LogP contribution in [0.3, 0.4) is 0 Å². The van der Waals surface area contributed by atoms with Gasteiger partial charge in [0.1, 0.15) is 5.00 Å². The number of ether oxygens (including phenoxy) is 1. The first-order valence-electron chi connectivity index (χ1n) is 6.32. The summed E-state index contributed by atoms with van der Waals surface area (Å²) < 4.78 is 6.35. The smallest absolute Gasteiger partial charge is 0.340 e. The number of rotatable bonds is 3. The molecule has 1 amide bonds. The largest absolute Gasteiger partial charge is 0.465 e. The van der Waals surface area contributed by atoms with Crippen molar-refractivity contribution in [2.45, 2.75) is 6.92 Å². The molecule has 0 aliphatic heterocycles. The molecule has 2 rings (SSSR count). The molecule has 128 valence electrons. The molecule has 0 aromatic carbocycles. The molecule has 2 aromatic rings. The zero-order chi connectivity index (χ0) is 17.9. The lowest BCUT2D eigenvalue weighted by molar-refractivity contribution is 0.0602. The van der Waals surface area contributed by atoms with Crippen LogP contribution >= 0.6 is 66.8 Å². The lowest BCUT2D eigenvalue weighted by Gasteiger charge is -2.10. The Hall–Kier alpha value is -1.01. The Balaban J connectivity index is 1.96.